The molecule has 2 aromatic rings. The van der Waals surface area contributed by atoms with Crippen molar-refractivity contribution in [2.75, 3.05) is 0 Å². The molecule has 2 atom stereocenters. The molecular formula is C22H24CuF6N4O6S2. The normalized spacial score (nSPS) is 18.1. The Morgan fingerprint density at radius 1 is 0.732 bits per heavy atom. The fourth-order valence-electron chi connectivity index (χ4n) is 3.06. The van der Waals surface area contributed by atoms with Crippen molar-refractivity contribution in [2.24, 2.45) is 9.98 Å². The minimum absolute atomic E-state index is 0. The molecule has 0 spiro atoms. The number of aromatic nitrogens is 2. The maximum absolute atomic E-state index is 10.7. The molecule has 0 unspecified atom stereocenters. The van der Waals surface area contributed by atoms with Gasteiger partial charge in [-0.1, -0.05) is 25.0 Å². The van der Waals surface area contributed by atoms with Crippen LogP contribution >= 0.6 is 0 Å². The summed E-state index contributed by atoms with van der Waals surface area (Å²) in [4.78, 5) is 18.5. The van der Waals surface area contributed by atoms with Gasteiger partial charge < -0.3 is 9.11 Å². The molecule has 10 nitrogen and oxygen atoms in total. The molecule has 0 amide bonds. The predicted molar refractivity (Wildman–Crippen MR) is 131 cm³/mol. The number of hydrogen-bond acceptors (Lipinski definition) is 10. The van der Waals surface area contributed by atoms with E-state index in [1.54, 1.807) is 0 Å². The number of hydrogen-bond donors (Lipinski definition) is 0. The summed E-state index contributed by atoms with van der Waals surface area (Å²) in [5, 5.41) is 0. The Bertz CT molecular complexity index is 1280. The summed E-state index contributed by atoms with van der Waals surface area (Å²) in [5.74, 6) is 0. The van der Waals surface area contributed by atoms with Crippen LogP contribution < -0.4 is 0 Å². The second-order valence-electron chi connectivity index (χ2n) is 8.18. The SMILES string of the molecule is Cc1cccc(C=N[C@@H]2CCCC[C@H]2N=Cc2cccc(C)n2)n1.O=S(=O)([O-])C(F)(F)F.O=S(=O)([O-])C(F)(F)F.[Cu+2]. The second kappa shape index (κ2) is 16.3. The van der Waals surface area contributed by atoms with Crippen LogP contribution in [-0.2, 0) is 37.3 Å². The minimum atomic E-state index is -6.09. The number of pyridine rings is 2. The molecular weight excluding hydrogens is 658 g/mol. The number of aryl methyl sites for hydroxylation is 2. The summed E-state index contributed by atoms with van der Waals surface area (Å²) in [5.41, 5.74) is -7.42. The van der Waals surface area contributed by atoms with Crippen molar-refractivity contribution >= 4 is 32.7 Å². The van der Waals surface area contributed by atoms with E-state index in [0.717, 1.165) is 35.6 Å². The van der Waals surface area contributed by atoms with Crippen LogP contribution in [0.5, 0.6) is 0 Å². The third-order valence-electron chi connectivity index (χ3n) is 4.88. The molecule has 1 aliphatic carbocycles. The number of alkyl halides is 6. The summed E-state index contributed by atoms with van der Waals surface area (Å²) in [6.07, 6.45) is 8.42. The molecule has 3 rings (SSSR count). The van der Waals surface area contributed by atoms with Crippen LogP contribution in [0, 0.1) is 13.8 Å². The van der Waals surface area contributed by atoms with E-state index in [-0.39, 0.29) is 29.2 Å². The molecule has 2 aromatic heterocycles. The van der Waals surface area contributed by atoms with Gasteiger partial charge in [0.1, 0.15) is 0 Å². The van der Waals surface area contributed by atoms with Crippen LogP contribution in [0.4, 0.5) is 26.3 Å². The Morgan fingerprint density at radius 2 is 1.02 bits per heavy atom. The number of rotatable bonds is 4. The Morgan fingerprint density at radius 3 is 1.27 bits per heavy atom. The van der Waals surface area contributed by atoms with Gasteiger partial charge in [-0.05, 0) is 51.0 Å². The van der Waals surface area contributed by atoms with Gasteiger partial charge in [0.25, 0.3) is 0 Å². The molecule has 1 saturated carbocycles. The molecule has 1 fully saturated rings. The fraction of sp³-hybridized carbons (Fsp3) is 0.455. The first kappa shape index (κ1) is 38.6. The third kappa shape index (κ3) is 14.8. The quantitative estimate of drug-likeness (QED) is 0.153. The van der Waals surface area contributed by atoms with Crippen LogP contribution in [0.1, 0.15) is 48.5 Å². The Kier molecular flexibility index (Phi) is 15.3. The van der Waals surface area contributed by atoms with Gasteiger partial charge in [0.15, 0.2) is 20.2 Å². The first-order valence-electron chi connectivity index (χ1n) is 11.2. The third-order valence-corrected chi connectivity index (χ3v) is 6.01. The zero-order valence-corrected chi connectivity index (χ0v) is 23.8. The summed E-state index contributed by atoms with van der Waals surface area (Å²) in [6.45, 7) is 4.00. The van der Waals surface area contributed by atoms with Crippen molar-refractivity contribution in [3.05, 3.63) is 59.2 Å². The van der Waals surface area contributed by atoms with Crippen LogP contribution in [0.3, 0.4) is 0 Å². The van der Waals surface area contributed by atoms with Gasteiger partial charge in [-0.25, -0.2) is 16.8 Å². The van der Waals surface area contributed by atoms with Crippen molar-refractivity contribution in [2.45, 2.75) is 62.6 Å². The van der Waals surface area contributed by atoms with Crippen LogP contribution in [0.15, 0.2) is 46.4 Å². The van der Waals surface area contributed by atoms with Crippen LogP contribution in [0.2, 0.25) is 0 Å². The minimum Gasteiger partial charge on any atom is -0.741 e. The monoisotopic (exact) mass is 681 g/mol. The number of halogens is 6. The van der Waals surface area contributed by atoms with E-state index in [9.17, 15) is 26.3 Å². The maximum Gasteiger partial charge on any atom is 2.00 e. The van der Waals surface area contributed by atoms with Gasteiger partial charge in [-0.2, -0.15) is 26.3 Å². The molecule has 41 heavy (non-hydrogen) atoms. The molecule has 1 radical (unpaired) electrons. The van der Waals surface area contributed by atoms with Gasteiger partial charge in [0.05, 0.1) is 23.5 Å². The van der Waals surface area contributed by atoms with E-state index in [1.165, 1.54) is 12.8 Å². The summed E-state index contributed by atoms with van der Waals surface area (Å²) in [6, 6.07) is 12.5. The molecule has 0 aromatic carbocycles. The molecule has 19 heteroatoms. The molecule has 0 N–H and O–H groups in total. The second-order valence-corrected chi connectivity index (χ2v) is 10.9. The smallest absolute Gasteiger partial charge is 0.741 e. The van der Waals surface area contributed by atoms with Gasteiger partial charge in [-0.3, -0.25) is 20.0 Å². The maximum atomic E-state index is 10.7. The predicted octanol–water partition coefficient (Wildman–Crippen LogP) is 4.04. The molecule has 0 aliphatic heterocycles. The van der Waals surface area contributed by atoms with Crippen molar-refractivity contribution < 1.29 is 69.4 Å². The van der Waals surface area contributed by atoms with E-state index < -0.39 is 31.3 Å². The molecule has 233 valence electrons. The van der Waals surface area contributed by atoms with Gasteiger partial charge in [0.2, 0.25) is 0 Å². The topological polar surface area (TPSA) is 165 Å². The Hall–Kier alpha value is -2.44. The van der Waals surface area contributed by atoms with E-state index in [4.69, 9.17) is 35.9 Å². The van der Waals surface area contributed by atoms with E-state index in [0.29, 0.717) is 0 Å². The van der Waals surface area contributed by atoms with Crippen molar-refractivity contribution in [3.8, 4) is 0 Å². The summed E-state index contributed by atoms with van der Waals surface area (Å²) < 4.78 is 118. The van der Waals surface area contributed by atoms with Crippen molar-refractivity contribution in [1.82, 2.24) is 9.97 Å². The zero-order valence-electron chi connectivity index (χ0n) is 21.2. The molecule has 1 aliphatic rings. The fourth-order valence-corrected chi connectivity index (χ4v) is 3.06. The summed E-state index contributed by atoms with van der Waals surface area (Å²) >= 11 is 0. The number of aliphatic imine (C=N–C) groups is 2. The largest absolute Gasteiger partial charge is 2.00 e. The molecule has 0 saturated heterocycles. The first-order chi connectivity index (χ1) is 18.2. The average Bonchev–Trinajstić information content (AvgIpc) is 2.80. The van der Waals surface area contributed by atoms with Crippen LogP contribution in [-0.4, -0.2) is 71.4 Å². The van der Waals surface area contributed by atoms with Crippen molar-refractivity contribution in [1.29, 1.82) is 0 Å². The van der Waals surface area contributed by atoms with Crippen molar-refractivity contribution in [3.63, 3.8) is 0 Å². The first-order valence-corrected chi connectivity index (χ1v) is 14.0. The van der Waals surface area contributed by atoms with Gasteiger partial charge >= 0.3 is 28.1 Å². The average molecular weight is 682 g/mol. The van der Waals surface area contributed by atoms with Gasteiger partial charge in [-0.15, -0.1) is 0 Å². The van der Waals surface area contributed by atoms with Gasteiger partial charge in [0, 0.05) is 23.8 Å². The standard InChI is InChI=1S/C20H24N4.2CHF3O3S.Cu/c1-15-7-5-9-17(23-15)13-21-19-11-3-4-12-20(19)22-14-18-10-6-8-16(2)24-18;2*2-1(3,4)8(5,6)7;/h5-10,13-14,19-20H,3-4,11-12H2,1-2H3;2*(H,5,6,7);/q;;;+2/p-2/t19-,20-;;;/m1.../s1. The molecule has 2 heterocycles. The zero-order chi connectivity index (χ0) is 30.8. The van der Waals surface area contributed by atoms with E-state index in [1.807, 2.05) is 62.7 Å². The van der Waals surface area contributed by atoms with Crippen LogP contribution in [0.25, 0.3) is 0 Å². The number of nitrogens with zero attached hydrogens (tertiary/aromatic N) is 4. The van der Waals surface area contributed by atoms with E-state index >= 15 is 0 Å². The Balaban J connectivity index is 0.000000781. The molecule has 0 bridgehead atoms. The van der Waals surface area contributed by atoms with E-state index in [2.05, 4.69) is 9.97 Å². The summed E-state index contributed by atoms with van der Waals surface area (Å²) in [7, 11) is -12.2. The Labute approximate surface area is 243 Å².